The van der Waals surface area contributed by atoms with Crippen LogP contribution in [0.4, 0.5) is 4.39 Å². The van der Waals surface area contributed by atoms with Crippen molar-refractivity contribution in [3.8, 4) is 0 Å². The van der Waals surface area contributed by atoms with Crippen LogP contribution in [-0.4, -0.2) is 6.54 Å². The fourth-order valence-electron chi connectivity index (χ4n) is 2.09. The number of benzene rings is 1. The molecule has 1 unspecified atom stereocenters. The van der Waals surface area contributed by atoms with Gasteiger partial charge in [0.05, 0.1) is 0 Å². The van der Waals surface area contributed by atoms with Gasteiger partial charge in [-0.2, -0.15) is 0 Å². The minimum atomic E-state index is -0.767. The molecule has 0 saturated heterocycles. The monoisotopic (exact) mass is 207 g/mol. The minimum Gasteiger partial charge on any atom is -0.330 e. The zero-order valence-corrected chi connectivity index (χ0v) is 8.95. The average Bonchev–Trinajstić information content (AvgIpc) is 2.16. The van der Waals surface area contributed by atoms with Crippen molar-refractivity contribution < 1.29 is 4.39 Å². The van der Waals surface area contributed by atoms with E-state index >= 15 is 0 Å². The van der Waals surface area contributed by atoms with Crippen LogP contribution in [0.2, 0.25) is 0 Å². The van der Waals surface area contributed by atoms with E-state index < -0.39 is 6.17 Å². The van der Waals surface area contributed by atoms with Crippen molar-refractivity contribution in [1.29, 1.82) is 0 Å². The van der Waals surface area contributed by atoms with E-state index in [1.165, 1.54) is 6.42 Å². The first-order chi connectivity index (χ1) is 7.31. The summed E-state index contributed by atoms with van der Waals surface area (Å²) in [5, 5.41) is 0. The Hall–Kier alpha value is -0.890. The molecule has 2 N–H and O–H groups in total. The molecule has 0 heterocycles. The van der Waals surface area contributed by atoms with E-state index in [9.17, 15) is 4.39 Å². The molecular formula is C13H18FN. The highest BCUT2D eigenvalue weighted by Gasteiger charge is 2.28. The summed E-state index contributed by atoms with van der Waals surface area (Å²) in [7, 11) is 0. The molecular weight excluding hydrogens is 189 g/mol. The lowest BCUT2D eigenvalue weighted by Gasteiger charge is -2.29. The van der Waals surface area contributed by atoms with E-state index in [2.05, 4.69) is 0 Å². The average molecular weight is 207 g/mol. The third-order valence-electron chi connectivity index (χ3n) is 3.27. The SMILES string of the molecule is NCCc1cccc(C(F)C2CCC2)c1. The van der Waals surface area contributed by atoms with E-state index in [1.54, 1.807) is 0 Å². The van der Waals surface area contributed by atoms with Crippen LogP contribution in [0.3, 0.4) is 0 Å². The van der Waals surface area contributed by atoms with Gasteiger partial charge in [-0.3, -0.25) is 0 Å². The molecule has 1 aliphatic carbocycles. The van der Waals surface area contributed by atoms with Gasteiger partial charge in [-0.05, 0) is 42.9 Å². The fraction of sp³-hybridized carbons (Fsp3) is 0.538. The normalized spacial score (nSPS) is 18.5. The Balaban J connectivity index is 2.09. The maximum atomic E-state index is 14.0. The largest absolute Gasteiger partial charge is 0.330 e. The molecule has 1 saturated carbocycles. The van der Waals surface area contributed by atoms with Crippen molar-refractivity contribution >= 4 is 0 Å². The molecule has 1 fully saturated rings. The zero-order valence-electron chi connectivity index (χ0n) is 8.95. The molecule has 0 spiro atoms. The van der Waals surface area contributed by atoms with Crippen molar-refractivity contribution in [2.75, 3.05) is 6.54 Å². The first kappa shape index (κ1) is 10.6. The van der Waals surface area contributed by atoms with Gasteiger partial charge in [-0.25, -0.2) is 4.39 Å². The predicted octanol–water partition coefficient (Wildman–Crippen LogP) is 3.00. The van der Waals surface area contributed by atoms with Gasteiger partial charge < -0.3 is 5.73 Å². The topological polar surface area (TPSA) is 26.0 Å². The summed E-state index contributed by atoms with van der Waals surface area (Å²) < 4.78 is 14.0. The van der Waals surface area contributed by atoms with E-state index in [4.69, 9.17) is 5.73 Å². The number of hydrogen-bond acceptors (Lipinski definition) is 1. The van der Waals surface area contributed by atoms with Crippen molar-refractivity contribution in [3.63, 3.8) is 0 Å². The summed E-state index contributed by atoms with van der Waals surface area (Å²) in [6.07, 6.45) is 3.35. The highest BCUT2D eigenvalue weighted by atomic mass is 19.1. The lowest BCUT2D eigenvalue weighted by Crippen LogP contribution is -2.17. The van der Waals surface area contributed by atoms with Gasteiger partial charge in [0.25, 0.3) is 0 Å². The molecule has 1 aromatic rings. The Bertz CT molecular complexity index is 320. The van der Waals surface area contributed by atoms with Gasteiger partial charge in [-0.1, -0.05) is 30.7 Å². The first-order valence-corrected chi connectivity index (χ1v) is 5.74. The maximum Gasteiger partial charge on any atom is 0.128 e. The Morgan fingerprint density at radius 1 is 1.40 bits per heavy atom. The lowest BCUT2D eigenvalue weighted by atomic mass is 9.79. The summed E-state index contributed by atoms with van der Waals surface area (Å²) >= 11 is 0. The molecule has 1 aliphatic rings. The molecule has 0 amide bonds. The zero-order chi connectivity index (χ0) is 10.7. The third-order valence-corrected chi connectivity index (χ3v) is 3.27. The van der Waals surface area contributed by atoms with Crippen molar-refractivity contribution in [3.05, 3.63) is 35.4 Å². The number of alkyl halides is 1. The van der Waals surface area contributed by atoms with Gasteiger partial charge in [-0.15, -0.1) is 0 Å². The summed E-state index contributed by atoms with van der Waals surface area (Å²) in [5.41, 5.74) is 7.48. The molecule has 0 aromatic heterocycles. The summed E-state index contributed by atoms with van der Waals surface area (Å²) in [6.45, 7) is 0.629. The maximum absolute atomic E-state index is 14.0. The quantitative estimate of drug-likeness (QED) is 0.807. The number of nitrogens with two attached hydrogens (primary N) is 1. The highest BCUT2D eigenvalue weighted by Crippen LogP contribution is 2.40. The molecule has 2 rings (SSSR count). The van der Waals surface area contributed by atoms with Crippen LogP contribution in [0.25, 0.3) is 0 Å². The second-order valence-electron chi connectivity index (χ2n) is 4.38. The standard InChI is InChI=1S/C13H18FN/c14-13(11-4-2-5-11)12-6-1-3-10(9-12)7-8-15/h1,3,6,9,11,13H,2,4-5,7-8,15H2. The Labute approximate surface area is 90.5 Å². The first-order valence-electron chi connectivity index (χ1n) is 5.74. The van der Waals surface area contributed by atoms with Gasteiger partial charge in [0.1, 0.15) is 6.17 Å². The van der Waals surface area contributed by atoms with E-state index in [1.807, 2.05) is 24.3 Å². The molecule has 1 aromatic carbocycles. The second-order valence-corrected chi connectivity index (χ2v) is 4.38. The molecule has 15 heavy (non-hydrogen) atoms. The van der Waals surface area contributed by atoms with Crippen LogP contribution in [0.5, 0.6) is 0 Å². The molecule has 2 heteroatoms. The molecule has 0 bridgehead atoms. The van der Waals surface area contributed by atoms with E-state index in [0.717, 1.165) is 30.4 Å². The van der Waals surface area contributed by atoms with E-state index in [0.29, 0.717) is 6.54 Å². The van der Waals surface area contributed by atoms with Gasteiger partial charge in [0.15, 0.2) is 0 Å². The fourth-order valence-corrected chi connectivity index (χ4v) is 2.09. The number of rotatable bonds is 4. The van der Waals surface area contributed by atoms with Crippen molar-refractivity contribution in [2.24, 2.45) is 11.7 Å². The minimum absolute atomic E-state index is 0.262. The highest BCUT2D eigenvalue weighted by molar-refractivity contribution is 5.26. The van der Waals surface area contributed by atoms with Crippen LogP contribution in [0, 0.1) is 5.92 Å². The number of halogens is 1. The summed E-state index contributed by atoms with van der Waals surface area (Å²) in [4.78, 5) is 0. The molecule has 0 radical (unpaired) electrons. The summed E-state index contributed by atoms with van der Waals surface area (Å²) in [5.74, 6) is 0.262. The van der Waals surface area contributed by atoms with E-state index in [-0.39, 0.29) is 5.92 Å². The Morgan fingerprint density at radius 3 is 2.80 bits per heavy atom. The molecule has 1 atom stereocenters. The van der Waals surface area contributed by atoms with Gasteiger partial charge >= 0.3 is 0 Å². The van der Waals surface area contributed by atoms with Crippen LogP contribution in [0.15, 0.2) is 24.3 Å². The van der Waals surface area contributed by atoms with Gasteiger partial charge in [0.2, 0.25) is 0 Å². The Kier molecular flexibility index (Phi) is 3.37. The predicted molar refractivity (Wildman–Crippen MR) is 60.4 cm³/mol. The second kappa shape index (κ2) is 4.75. The lowest BCUT2D eigenvalue weighted by molar-refractivity contribution is 0.150. The molecule has 0 aliphatic heterocycles. The summed E-state index contributed by atoms with van der Waals surface area (Å²) in [6, 6.07) is 7.81. The molecule has 82 valence electrons. The smallest absolute Gasteiger partial charge is 0.128 e. The van der Waals surface area contributed by atoms with Crippen molar-refractivity contribution in [2.45, 2.75) is 31.9 Å². The van der Waals surface area contributed by atoms with Crippen molar-refractivity contribution in [1.82, 2.24) is 0 Å². The third kappa shape index (κ3) is 2.37. The van der Waals surface area contributed by atoms with Crippen LogP contribution < -0.4 is 5.73 Å². The van der Waals surface area contributed by atoms with Gasteiger partial charge in [0, 0.05) is 0 Å². The number of hydrogen-bond donors (Lipinski definition) is 1. The van der Waals surface area contributed by atoms with Crippen LogP contribution in [0.1, 0.15) is 36.6 Å². The molecule has 1 nitrogen and oxygen atoms in total. The van der Waals surface area contributed by atoms with Crippen LogP contribution >= 0.6 is 0 Å². The van der Waals surface area contributed by atoms with Crippen LogP contribution in [-0.2, 0) is 6.42 Å². The Morgan fingerprint density at radius 2 is 2.20 bits per heavy atom.